The lowest BCUT2D eigenvalue weighted by Gasteiger charge is -2.37. The van der Waals surface area contributed by atoms with E-state index in [-0.39, 0.29) is 12.0 Å². The zero-order valence-electron chi connectivity index (χ0n) is 12.5. The van der Waals surface area contributed by atoms with Crippen LogP contribution in [0.25, 0.3) is 0 Å². The summed E-state index contributed by atoms with van der Waals surface area (Å²) in [6.07, 6.45) is -0.233. The van der Waals surface area contributed by atoms with Crippen LogP contribution in [0.3, 0.4) is 0 Å². The first kappa shape index (κ1) is 15.2. The highest BCUT2D eigenvalue weighted by Gasteiger charge is 2.35. The van der Waals surface area contributed by atoms with Crippen LogP contribution in [0.2, 0.25) is 0 Å². The molecule has 0 heterocycles. The minimum absolute atomic E-state index is 0.193. The van der Waals surface area contributed by atoms with E-state index in [2.05, 4.69) is 15.6 Å². The van der Waals surface area contributed by atoms with Crippen LogP contribution < -0.4 is 10.6 Å². The summed E-state index contributed by atoms with van der Waals surface area (Å²) in [4.78, 5) is 4.18. The van der Waals surface area contributed by atoms with Crippen LogP contribution in [-0.2, 0) is 6.18 Å². The second kappa shape index (κ2) is 5.82. The van der Waals surface area contributed by atoms with E-state index < -0.39 is 11.7 Å². The summed E-state index contributed by atoms with van der Waals surface area (Å²) < 4.78 is 38.2. The number of hydrogen-bond donors (Lipinski definition) is 2. The molecular formula is C16H20F3N3. The van der Waals surface area contributed by atoms with Gasteiger partial charge in [-0.1, -0.05) is 18.2 Å². The van der Waals surface area contributed by atoms with Gasteiger partial charge in [0.05, 0.1) is 5.56 Å². The molecule has 120 valence electrons. The summed E-state index contributed by atoms with van der Waals surface area (Å²) in [6.45, 7) is 0. The monoisotopic (exact) mass is 311 g/mol. The fraction of sp³-hybridized carbons (Fsp3) is 0.562. The summed E-state index contributed by atoms with van der Waals surface area (Å²) in [5.41, 5.74) is 0.214. The third-order valence-electron chi connectivity index (χ3n) is 4.31. The van der Waals surface area contributed by atoms with E-state index >= 15 is 0 Å². The normalized spacial score (nSPS) is 25.5. The molecule has 0 aromatic heterocycles. The molecule has 6 heteroatoms. The molecule has 0 radical (unpaired) electrons. The average molecular weight is 311 g/mol. The van der Waals surface area contributed by atoms with Gasteiger partial charge in [-0.15, -0.1) is 0 Å². The molecule has 1 aromatic carbocycles. The lowest BCUT2D eigenvalue weighted by atomic mass is 9.75. The molecule has 3 nitrogen and oxygen atoms in total. The molecule has 0 atom stereocenters. The molecule has 1 aromatic rings. The molecular weight excluding hydrogens is 291 g/mol. The van der Waals surface area contributed by atoms with Crippen LogP contribution in [0.4, 0.5) is 13.2 Å². The quantitative estimate of drug-likeness (QED) is 0.664. The van der Waals surface area contributed by atoms with Crippen molar-refractivity contribution in [1.29, 1.82) is 0 Å². The number of benzene rings is 1. The molecule has 0 spiro atoms. The van der Waals surface area contributed by atoms with Crippen LogP contribution in [0.5, 0.6) is 0 Å². The molecule has 2 aliphatic rings. The summed E-state index contributed by atoms with van der Waals surface area (Å²) in [5.74, 6) is 0.994. The van der Waals surface area contributed by atoms with Crippen molar-refractivity contribution in [3.8, 4) is 0 Å². The van der Waals surface area contributed by atoms with E-state index in [1.807, 2.05) is 0 Å². The maximum Gasteiger partial charge on any atom is 0.416 e. The first-order valence-electron chi connectivity index (χ1n) is 7.62. The molecule has 0 unspecified atom stereocenters. The van der Waals surface area contributed by atoms with E-state index in [1.54, 1.807) is 13.1 Å². The average Bonchev–Trinajstić information content (AvgIpc) is 3.24. The van der Waals surface area contributed by atoms with Crippen molar-refractivity contribution in [2.45, 2.75) is 49.9 Å². The van der Waals surface area contributed by atoms with Crippen molar-refractivity contribution in [2.75, 3.05) is 7.05 Å². The van der Waals surface area contributed by atoms with Gasteiger partial charge in [0.1, 0.15) is 0 Å². The van der Waals surface area contributed by atoms with Crippen LogP contribution in [-0.4, -0.2) is 25.1 Å². The maximum absolute atomic E-state index is 12.7. The Hall–Kier alpha value is -1.72. The van der Waals surface area contributed by atoms with Crippen molar-refractivity contribution >= 4 is 5.96 Å². The van der Waals surface area contributed by atoms with Gasteiger partial charge in [0, 0.05) is 19.1 Å². The van der Waals surface area contributed by atoms with Crippen molar-refractivity contribution < 1.29 is 13.2 Å². The SMILES string of the molecule is CN=C(NC1CC1)NC1CC(c2cccc(C(F)(F)F)c2)C1. The zero-order valence-corrected chi connectivity index (χ0v) is 12.5. The van der Waals surface area contributed by atoms with Gasteiger partial charge < -0.3 is 10.6 Å². The van der Waals surface area contributed by atoms with E-state index in [0.717, 1.165) is 30.4 Å². The Morgan fingerprint density at radius 1 is 1.14 bits per heavy atom. The minimum atomic E-state index is -4.27. The Balaban J connectivity index is 1.54. The number of alkyl halides is 3. The van der Waals surface area contributed by atoms with Crippen molar-refractivity contribution in [3.63, 3.8) is 0 Å². The Morgan fingerprint density at radius 2 is 1.82 bits per heavy atom. The van der Waals surface area contributed by atoms with E-state index in [4.69, 9.17) is 0 Å². The molecule has 22 heavy (non-hydrogen) atoms. The number of rotatable bonds is 3. The number of hydrogen-bond acceptors (Lipinski definition) is 1. The Labute approximate surface area is 128 Å². The largest absolute Gasteiger partial charge is 0.416 e. The number of nitrogens with one attached hydrogen (secondary N) is 2. The van der Waals surface area contributed by atoms with Crippen molar-refractivity contribution in [3.05, 3.63) is 35.4 Å². The Bertz CT molecular complexity index is 558. The third kappa shape index (κ3) is 3.54. The standard InChI is InChI=1S/C16H20F3N3/c1-20-15(21-13-5-6-13)22-14-8-11(9-14)10-3-2-4-12(7-10)16(17,18)19/h2-4,7,11,13-14H,5-6,8-9H2,1H3,(H2,20,21,22). The summed E-state index contributed by atoms with van der Waals surface area (Å²) in [5, 5.41) is 6.65. The fourth-order valence-corrected chi connectivity index (χ4v) is 2.76. The van der Waals surface area contributed by atoms with Gasteiger partial charge in [0.15, 0.2) is 5.96 Å². The topological polar surface area (TPSA) is 36.4 Å². The molecule has 2 N–H and O–H groups in total. The maximum atomic E-state index is 12.7. The van der Waals surface area contributed by atoms with Gasteiger partial charge in [-0.25, -0.2) is 0 Å². The van der Waals surface area contributed by atoms with Gasteiger partial charge in [-0.2, -0.15) is 13.2 Å². The van der Waals surface area contributed by atoms with Crippen molar-refractivity contribution in [1.82, 2.24) is 10.6 Å². The van der Waals surface area contributed by atoms with Gasteiger partial charge in [0.25, 0.3) is 0 Å². The van der Waals surface area contributed by atoms with Gasteiger partial charge in [-0.05, 0) is 43.2 Å². The summed E-state index contributed by atoms with van der Waals surface area (Å²) >= 11 is 0. The first-order valence-corrected chi connectivity index (χ1v) is 7.62. The van der Waals surface area contributed by atoms with E-state index in [0.29, 0.717) is 6.04 Å². The predicted octanol–water partition coefficient (Wildman–Crippen LogP) is 3.28. The zero-order chi connectivity index (χ0) is 15.7. The van der Waals surface area contributed by atoms with E-state index in [1.165, 1.54) is 25.0 Å². The fourth-order valence-electron chi connectivity index (χ4n) is 2.76. The second-order valence-electron chi connectivity index (χ2n) is 6.12. The third-order valence-corrected chi connectivity index (χ3v) is 4.31. The molecule has 2 aliphatic carbocycles. The first-order chi connectivity index (χ1) is 10.5. The number of nitrogens with zero attached hydrogens (tertiary/aromatic N) is 1. The smallest absolute Gasteiger partial charge is 0.354 e. The van der Waals surface area contributed by atoms with Gasteiger partial charge >= 0.3 is 6.18 Å². The minimum Gasteiger partial charge on any atom is -0.354 e. The van der Waals surface area contributed by atoms with Crippen LogP contribution in [0.15, 0.2) is 29.3 Å². The van der Waals surface area contributed by atoms with E-state index in [9.17, 15) is 13.2 Å². The van der Waals surface area contributed by atoms with Crippen LogP contribution in [0, 0.1) is 0 Å². The summed E-state index contributed by atoms with van der Waals surface area (Å²) in [6, 6.07) is 6.49. The van der Waals surface area contributed by atoms with Gasteiger partial charge in [0.2, 0.25) is 0 Å². The predicted molar refractivity (Wildman–Crippen MR) is 79.9 cm³/mol. The highest BCUT2D eigenvalue weighted by molar-refractivity contribution is 5.80. The summed E-state index contributed by atoms with van der Waals surface area (Å²) in [7, 11) is 1.74. The van der Waals surface area contributed by atoms with Crippen LogP contribution >= 0.6 is 0 Å². The molecule has 2 saturated carbocycles. The number of aliphatic imine (C=N–C) groups is 1. The highest BCUT2D eigenvalue weighted by Crippen LogP contribution is 2.39. The Kier molecular flexibility index (Phi) is 4.02. The highest BCUT2D eigenvalue weighted by atomic mass is 19.4. The molecule has 2 fully saturated rings. The van der Waals surface area contributed by atoms with Crippen molar-refractivity contribution in [2.24, 2.45) is 4.99 Å². The second-order valence-corrected chi connectivity index (χ2v) is 6.12. The molecule has 3 rings (SSSR count). The number of guanidine groups is 1. The molecule has 0 saturated heterocycles. The lowest BCUT2D eigenvalue weighted by Crippen LogP contribution is -2.49. The number of halogens is 3. The lowest BCUT2D eigenvalue weighted by molar-refractivity contribution is -0.137. The molecule has 0 aliphatic heterocycles. The molecule has 0 amide bonds. The Morgan fingerprint density at radius 3 is 2.41 bits per heavy atom. The molecule has 0 bridgehead atoms. The van der Waals surface area contributed by atoms with Crippen LogP contribution in [0.1, 0.15) is 42.7 Å². The van der Waals surface area contributed by atoms with Gasteiger partial charge in [-0.3, -0.25) is 4.99 Å².